The summed E-state index contributed by atoms with van der Waals surface area (Å²) in [5.41, 5.74) is 0. The van der Waals surface area contributed by atoms with Gasteiger partial charge >= 0.3 is 0 Å². The molecule has 0 heterocycles. The van der Waals surface area contributed by atoms with E-state index in [-0.39, 0.29) is 0 Å². The Kier molecular flexibility index (Phi) is 22.1. The maximum atomic E-state index is 9.22. The molecule has 2 nitrogen and oxygen atoms in total. The number of aliphatic hydroxyl groups excluding tert-OH is 2. The van der Waals surface area contributed by atoms with Gasteiger partial charge < -0.3 is 10.2 Å². The van der Waals surface area contributed by atoms with E-state index in [0.29, 0.717) is 0 Å². The van der Waals surface area contributed by atoms with Crippen LogP contribution in [0.5, 0.6) is 0 Å². The van der Waals surface area contributed by atoms with Crippen molar-refractivity contribution in [2.24, 2.45) is 5.92 Å². The number of hydrogen-bond acceptors (Lipinski definition) is 2. The molecule has 0 amide bonds. The molecule has 0 saturated carbocycles. The Hall–Kier alpha value is -1.48. The summed E-state index contributed by atoms with van der Waals surface area (Å²) in [6, 6.07) is 0. The van der Waals surface area contributed by atoms with Gasteiger partial charge in [0.25, 0.3) is 0 Å². The number of unbranched alkanes of at least 4 members (excludes halogenated alkanes) is 13. The van der Waals surface area contributed by atoms with Gasteiger partial charge in [-0.05, 0) is 43.8 Å². The van der Waals surface area contributed by atoms with Crippen LogP contribution in [0.2, 0.25) is 0 Å². The first-order valence-electron chi connectivity index (χ1n) is 12.7. The summed E-state index contributed by atoms with van der Waals surface area (Å²) in [6.07, 6.45) is 38.2. The minimum Gasteiger partial charge on any atom is -0.377 e. The van der Waals surface area contributed by atoms with Gasteiger partial charge in [0.2, 0.25) is 0 Å². The minimum absolute atomic E-state index is 0.720. The van der Waals surface area contributed by atoms with Crippen LogP contribution >= 0.6 is 0 Å². The third-order valence-corrected chi connectivity index (χ3v) is 5.86. The van der Waals surface area contributed by atoms with E-state index in [1.165, 1.54) is 96.3 Å². The lowest BCUT2D eigenvalue weighted by molar-refractivity contribution is 0.280. The lowest BCUT2D eigenvalue weighted by atomic mass is 9.96. The van der Waals surface area contributed by atoms with Crippen LogP contribution in [0.15, 0.2) is 24.3 Å². The van der Waals surface area contributed by atoms with E-state index in [1.54, 1.807) is 12.2 Å². The van der Waals surface area contributed by atoms with Gasteiger partial charge in [-0.2, -0.15) is 0 Å². The maximum absolute atomic E-state index is 9.22. The molecule has 176 valence electrons. The van der Waals surface area contributed by atoms with Crippen molar-refractivity contribution in [2.75, 3.05) is 0 Å². The van der Waals surface area contributed by atoms with E-state index < -0.39 is 12.2 Å². The van der Waals surface area contributed by atoms with Gasteiger partial charge in [0.15, 0.2) is 0 Å². The summed E-state index contributed by atoms with van der Waals surface area (Å²) in [7, 11) is 0. The second-order valence-corrected chi connectivity index (χ2v) is 8.94. The van der Waals surface area contributed by atoms with Gasteiger partial charge in [-0.3, -0.25) is 0 Å². The molecule has 31 heavy (non-hydrogen) atoms. The van der Waals surface area contributed by atoms with Gasteiger partial charge in [0.1, 0.15) is 12.2 Å². The lowest BCUT2D eigenvalue weighted by Crippen LogP contribution is -1.95. The Morgan fingerprint density at radius 1 is 0.581 bits per heavy atom. The van der Waals surface area contributed by atoms with E-state index in [2.05, 4.69) is 18.8 Å². The molecule has 0 aliphatic carbocycles. The van der Waals surface area contributed by atoms with Gasteiger partial charge in [-0.25, -0.2) is 0 Å². The first-order chi connectivity index (χ1) is 15.1. The summed E-state index contributed by atoms with van der Waals surface area (Å²) >= 11 is 0. The molecular weight excluding hydrogens is 380 g/mol. The van der Waals surface area contributed by atoms with Gasteiger partial charge in [-0.15, -0.1) is 12.8 Å². The molecule has 0 spiro atoms. The van der Waals surface area contributed by atoms with Crippen molar-refractivity contribution >= 4 is 0 Å². The van der Waals surface area contributed by atoms with Crippen LogP contribution in [0.1, 0.15) is 116 Å². The normalized spacial score (nSPS) is 14.5. The molecule has 0 radical (unpaired) electrons. The van der Waals surface area contributed by atoms with E-state index in [9.17, 15) is 10.2 Å². The molecule has 0 rings (SSSR count). The molecule has 0 aromatic rings. The molecule has 2 heteroatoms. The van der Waals surface area contributed by atoms with Crippen molar-refractivity contribution in [1.29, 1.82) is 0 Å². The van der Waals surface area contributed by atoms with Crippen molar-refractivity contribution in [1.82, 2.24) is 0 Å². The zero-order valence-corrected chi connectivity index (χ0v) is 20.1. The molecule has 2 N–H and O–H groups in total. The quantitative estimate of drug-likeness (QED) is 0.114. The molecule has 0 aromatic carbocycles. The zero-order valence-electron chi connectivity index (χ0n) is 20.1. The predicted molar refractivity (Wildman–Crippen MR) is 136 cm³/mol. The van der Waals surface area contributed by atoms with Crippen LogP contribution in [0.4, 0.5) is 0 Å². The average Bonchev–Trinajstić information content (AvgIpc) is 2.78. The summed E-state index contributed by atoms with van der Waals surface area (Å²) in [4.78, 5) is 0. The fourth-order valence-corrected chi connectivity index (χ4v) is 3.81. The summed E-state index contributed by atoms with van der Waals surface area (Å²) in [5.74, 6) is 5.46. The molecule has 0 fully saturated rings. The molecular formula is C29H48O2. The largest absolute Gasteiger partial charge is 0.377 e. The van der Waals surface area contributed by atoms with Crippen LogP contribution < -0.4 is 0 Å². The van der Waals surface area contributed by atoms with Crippen LogP contribution in [0.25, 0.3) is 0 Å². The highest BCUT2D eigenvalue weighted by atomic mass is 16.3. The summed E-state index contributed by atoms with van der Waals surface area (Å²) in [5, 5.41) is 18.4. The predicted octanol–water partition coefficient (Wildman–Crippen LogP) is 7.35. The highest BCUT2D eigenvalue weighted by Crippen LogP contribution is 2.19. The Bertz CT molecular complexity index is 520. The average molecular weight is 429 g/mol. The molecule has 0 aliphatic rings. The van der Waals surface area contributed by atoms with Crippen molar-refractivity contribution < 1.29 is 10.2 Å². The Morgan fingerprint density at radius 3 is 1.26 bits per heavy atom. The van der Waals surface area contributed by atoms with E-state index in [0.717, 1.165) is 18.8 Å². The molecule has 0 bridgehead atoms. The number of hydrogen-bond donors (Lipinski definition) is 2. The topological polar surface area (TPSA) is 40.5 Å². The van der Waals surface area contributed by atoms with Crippen molar-refractivity contribution in [3.63, 3.8) is 0 Å². The van der Waals surface area contributed by atoms with Crippen molar-refractivity contribution in [3.8, 4) is 24.7 Å². The molecule has 0 aliphatic heterocycles. The first-order valence-corrected chi connectivity index (χ1v) is 12.7. The Morgan fingerprint density at radius 2 is 0.903 bits per heavy atom. The number of terminal acetylenes is 2. The van der Waals surface area contributed by atoms with Gasteiger partial charge in [-0.1, -0.05) is 114 Å². The number of aliphatic hydroxyl groups is 2. The summed E-state index contributed by atoms with van der Waals surface area (Å²) in [6.45, 7) is 2.42. The number of allylic oxidation sites excluding steroid dienone is 2. The van der Waals surface area contributed by atoms with Crippen LogP contribution in [-0.2, 0) is 0 Å². The third-order valence-electron chi connectivity index (χ3n) is 5.86. The minimum atomic E-state index is -0.720. The fourth-order valence-electron chi connectivity index (χ4n) is 3.81. The lowest BCUT2D eigenvalue weighted by Gasteiger charge is -2.11. The first kappa shape index (κ1) is 29.5. The summed E-state index contributed by atoms with van der Waals surface area (Å²) < 4.78 is 0. The molecule has 3 atom stereocenters. The fraction of sp³-hybridized carbons (Fsp3) is 0.724. The Balaban J connectivity index is 3.29. The zero-order chi connectivity index (χ0) is 23.0. The second kappa shape index (κ2) is 23.2. The standard InChI is InChI=1S/C29H48O2/c1-4-28(30)25-21-17-13-8-6-7-11-15-19-23-27(3)24-20-16-12-9-10-14-18-22-26-29(31)5-2/h1-2,21-22,25-31H,6-20,23-24H2,3H3/b25-21+,26-22+/t27?,28-,29-/m0/s1. The number of rotatable bonds is 21. The highest BCUT2D eigenvalue weighted by Gasteiger charge is 2.02. The van der Waals surface area contributed by atoms with E-state index >= 15 is 0 Å². The van der Waals surface area contributed by atoms with Gasteiger partial charge in [0, 0.05) is 0 Å². The smallest absolute Gasteiger partial charge is 0.133 e. The monoisotopic (exact) mass is 428 g/mol. The van der Waals surface area contributed by atoms with Crippen LogP contribution in [-0.4, -0.2) is 22.4 Å². The molecule has 1 unspecified atom stereocenters. The second-order valence-electron chi connectivity index (χ2n) is 8.94. The molecule has 0 saturated heterocycles. The van der Waals surface area contributed by atoms with E-state index in [1.807, 2.05) is 12.2 Å². The molecule has 0 aromatic heterocycles. The van der Waals surface area contributed by atoms with E-state index in [4.69, 9.17) is 12.8 Å². The maximum Gasteiger partial charge on any atom is 0.133 e. The SMILES string of the molecule is C#C[C@H](O)/C=C/CCCCCCCCCC(C)CCCCCCCC/C=C/[C@@H](O)C#C. The van der Waals surface area contributed by atoms with Gasteiger partial charge in [0.05, 0.1) is 0 Å². The van der Waals surface area contributed by atoms with Crippen LogP contribution in [0, 0.1) is 30.6 Å². The Labute approximate surface area is 193 Å². The van der Waals surface area contributed by atoms with Crippen molar-refractivity contribution in [3.05, 3.63) is 24.3 Å². The highest BCUT2D eigenvalue weighted by molar-refractivity contribution is 5.06. The van der Waals surface area contributed by atoms with Crippen molar-refractivity contribution in [2.45, 2.75) is 128 Å². The third kappa shape index (κ3) is 23.0. The van der Waals surface area contributed by atoms with Crippen LogP contribution in [0.3, 0.4) is 0 Å².